The van der Waals surface area contributed by atoms with E-state index in [1.165, 1.54) is 11.1 Å². The molecular weight excluding hydrogens is 380 g/mol. The fraction of sp³-hybridized carbons (Fsp3) is 0.348. The first kappa shape index (κ1) is 19.7. The van der Waals surface area contributed by atoms with Crippen molar-refractivity contribution in [3.05, 3.63) is 77.1 Å². The summed E-state index contributed by atoms with van der Waals surface area (Å²) in [6.07, 6.45) is 2.89. The second kappa shape index (κ2) is 8.82. The lowest BCUT2D eigenvalue weighted by Gasteiger charge is -2.24. The van der Waals surface area contributed by atoms with Gasteiger partial charge < -0.3 is 9.47 Å². The van der Waals surface area contributed by atoms with Gasteiger partial charge in [-0.05, 0) is 42.5 Å². The Labute approximate surface area is 176 Å². The molecule has 4 rings (SSSR count). The zero-order valence-corrected chi connectivity index (χ0v) is 17.7. The number of hydrogen-bond donors (Lipinski definition) is 0. The highest BCUT2D eigenvalue weighted by molar-refractivity contribution is 7.98. The minimum absolute atomic E-state index is 0.0167. The van der Waals surface area contributed by atoms with Crippen molar-refractivity contribution in [1.82, 2.24) is 19.7 Å². The molecule has 6 heteroatoms. The summed E-state index contributed by atoms with van der Waals surface area (Å²) in [5, 5.41) is 9.75. The third kappa shape index (κ3) is 4.22. The number of likely N-dealkylation sites (tertiary alicyclic amines) is 1. The summed E-state index contributed by atoms with van der Waals surface area (Å²) >= 11 is 1.68. The molecule has 1 amide bonds. The van der Waals surface area contributed by atoms with E-state index in [2.05, 4.69) is 29.3 Å². The fourth-order valence-corrected chi connectivity index (χ4v) is 4.67. The third-order valence-electron chi connectivity index (χ3n) is 5.50. The molecular formula is C23H26N4OS. The Hall–Kier alpha value is -2.60. The van der Waals surface area contributed by atoms with Crippen molar-refractivity contribution in [1.29, 1.82) is 0 Å². The molecule has 2 heterocycles. The lowest BCUT2D eigenvalue weighted by Crippen LogP contribution is -2.31. The fourth-order valence-electron chi connectivity index (χ4n) is 3.79. The van der Waals surface area contributed by atoms with Crippen LogP contribution in [-0.2, 0) is 19.2 Å². The van der Waals surface area contributed by atoms with Crippen LogP contribution >= 0.6 is 11.8 Å². The summed E-state index contributed by atoms with van der Waals surface area (Å²) in [7, 11) is 2.00. The number of nitrogens with zero attached hydrogens (tertiary/aromatic N) is 4. The molecule has 0 saturated carbocycles. The molecule has 1 atom stereocenters. The van der Waals surface area contributed by atoms with Crippen molar-refractivity contribution in [2.75, 3.05) is 6.54 Å². The number of aryl methyl sites for hydroxylation is 1. The highest BCUT2D eigenvalue weighted by Gasteiger charge is 2.34. The van der Waals surface area contributed by atoms with Crippen LogP contribution in [0.25, 0.3) is 0 Å². The number of amides is 1. The van der Waals surface area contributed by atoms with Gasteiger partial charge in [0.15, 0.2) is 11.0 Å². The van der Waals surface area contributed by atoms with Gasteiger partial charge in [-0.1, -0.05) is 61.2 Å². The van der Waals surface area contributed by atoms with Crippen LogP contribution in [0.3, 0.4) is 0 Å². The molecule has 1 saturated heterocycles. The van der Waals surface area contributed by atoms with Crippen LogP contribution in [0, 0.1) is 0 Å². The smallest absolute Gasteiger partial charge is 0.254 e. The van der Waals surface area contributed by atoms with Gasteiger partial charge in [0.2, 0.25) is 0 Å². The first-order valence-corrected chi connectivity index (χ1v) is 11.1. The van der Waals surface area contributed by atoms with Crippen molar-refractivity contribution in [2.24, 2.45) is 7.05 Å². The molecule has 3 aromatic rings. The largest absolute Gasteiger partial charge is 0.328 e. The zero-order chi connectivity index (χ0) is 20.2. The summed E-state index contributed by atoms with van der Waals surface area (Å²) in [5.41, 5.74) is 3.25. The minimum Gasteiger partial charge on any atom is -0.328 e. The second-order valence-corrected chi connectivity index (χ2v) is 8.32. The van der Waals surface area contributed by atoms with E-state index in [4.69, 9.17) is 0 Å². The molecule has 0 bridgehead atoms. The molecule has 2 aromatic carbocycles. The molecule has 1 fully saturated rings. The number of benzene rings is 2. The molecule has 1 aliphatic rings. The lowest BCUT2D eigenvalue weighted by atomic mass is 10.1. The molecule has 1 unspecified atom stereocenters. The van der Waals surface area contributed by atoms with Crippen molar-refractivity contribution in [2.45, 2.75) is 43.1 Å². The van der Waals surface area contributed by atoms with Gasteiger partial charge in [0.25, 0.3) is 5.91 Å². The highest BCUT2D eigenvalue weighted by atomic mass is 32.2. The van der Waals surface area contributed by atoms with Gasteiger partial charge in [0, 0.05) is 24.9 Å². The van der Waals surface area contributed by atoms with Gasteiger partial charge in [-0.15, -0.1) is 10.2 Å². The van der Waals surface area contributed by atoms with E-state index in [9.17, 15) is 4.79 Å². The zero-order valence-electron chi connectivity index (χ0n) is 16.9. The standard InChI is InChI=1S/C23H26N4OS/c1-3-17-11-13-19(14-12-17)22(28)27-15-7-10-20(27)21-24-25-23(26(21)2)29-16-18-8-5-4-6-9-18/h4-6,8-9,11-14,20H,3,7,10,15-16H2,1-2H3. The van der Waals surface area contributed by atoms with E-state index in [0.717, 1.165) is 48.1 Å². The maximum atomic E-state index is 13.1. The number of aromatic nitrogens is 3. The average molecular weight is 407 g/mol. The number of hydrogen-bond acceptors (Lipinski definition) is 4. The van der Waals surface area contributed by atoms with E-state index in [1.807, 2.05) is 59.0 Å². The van der Waals surface area contributed by atoms with Crippen LogP contribution in [0.2, 0.25) is 0 Å². The average Bonchev–Trinajstić information content (AvgIpc) is 3.39. The topological polar surface area (TPSA) is 51.0 Å². The maximum absolute atomic E-state index is 13.1. The van der Waals surface area contributed by atoms with Crippen LogP contribution in [0.4, 0.5) is 0 Å². The molecule has 0 spiro atoms. The number of rotatable bonds is 6. The number of carbonyl (C=O) groups is 1. The van der Waals surface area contributed by atoms with E-state index in [1.54, 1.807) is 11.8 Å². The normalized spacial score (nSPS) is 16.3. The summed E-state index contributed by atoms with van der Waals surface area (Å²) in [4.78, 5) is 15.1. The Bertz CT molecular complexity index is 968. The van der Waals surface area contributed by atoms with E-state index in [-0.39, 0.29) is 11.9 Å². The monoisotopic (exact) mass is 406 g/mol. The van der Waals surface area contributed by atoms with Gasteiger partial charge in [-0.2, -0.15) is 0 Å². The third-order valence-corrected chi connectivity index (χ3v) is 6.59. The van der Waals surface area contributed by atoms with Gasteiger partial charge in [0.05, 0.1) is 6.04 Å². The number of carbonyl (C=O) groups excluding carboxylic acids is 1. The van der Waals surface area contributed by atoms with Gasteiger partial charge >= 0.3 is 0 Å². The van der Waals surface area contributed by atoms with Gasteiger partial charge in [-0.25, -0.2) is 0 Å². The Morgan fingerprint density at radius 1 is 1.07 bits per heavy atom. The Morgan fingerprint density at radius 3 is 2.55 bits per heavy atom. The molecule has 0 radical (unpaired) electrons. The Balaban J connectivity index is 1.49. The van der Waals surface area contributed by atoms with Gasteiger partial charge in [-0.3, -0.25) is 4.79 Å². The van der Waals surface area contributed by atoms with Crippen molar-refractivity contribution < 1.29 is 4.79 Å². The summed E-state index contributed by atoms with van der Waals surface area (Å²) in [6, 6.07) is 18.3. The first-order chi connectivity index (χ1) is 14.2. The maximum Gasteiger partial charge on any atom is 0.254 e. The van der Waals surface area contributed by atoms with Crippen LogP contribution in [0.5, 0.6) is 0 Å². The molecule has 29 heavy (non-hydrogen) atoms. The SMILES string of the molecule is CCc1ccc(C(=O)N2CCCC2c2nnc(SCc3ccccc3)n2C)cc1. The molecule has 5 nitrogen and oxygen atoms in total. The van der Waals surface area contributed by atoms with E-state index < -0.39 is 0 Å². The quantitative estimate of drug-likeness (QED) is 0.559. The summed E-state index contributed by atoms with van der Waals surface area (Å²) < 4.78 is 2.05. The molecule has 1 aliphatic heterocycles. The Morgan fingerprint density at radius 2 is 1.83 bits per heavy atom. The summed E-state index contributed by atoms with van der Waals surface area (Å²) in [6.45, 7) is 2.88. The number of thioether (sulfide) groups is 1. The first-order valence-electron chi connectivity index (χ1n) is 10.1. The van der Waals surface area contributed by atoms with Crippen LogP contribution in [-0.4, -0.2) is 32.1 Å². The van der Waals surface area contributed by atoms with Crippen molar-refractivity contribution in [3.8, 4) is 0 Å². The molecule has 1 aromatic heterocycles. The van der Waals surface area contributed by atoms with E-state index in [0.29, 0.717) is 0 Å². The summed E-state index contributed by atoms with van der Waals surface area (Å²) in [5.74, 6) is 1.80. The van der Waals surface area contributed by atoms with Crippen LogP contribution < -0.4 is 0 Å². The van der Waals surface area contributed by atoms with Crippen molar-refractivity contribution in [3.63, 3.8) is 0 Å². The minimum atomic E-state index is -0.0167. The van der Waals surface area contributed by atoms with Crippen LogP contribution in [0.15, 0.2) is 59.8 Å². The Kier molecular flexibility index (Phi) is 6.00. The van der Waals surface area contributed by atoms with E-state index >= 15 is 0 Å². The van der Waals surface area contributed by atoms with Crippen LogP contribution in [0.1, 0.15) is 53.1 Å². The predicted octanol–water partition coefficient (Wildman–Crippen LogP) is 4.65. The molecule has 150 valence electrons. The van der Waals surface area contributed by atoms with Gasteiger partial charge in [0.1, 0.15) is 0 Å². The molecule has 0 N–H and O–H groups in total. The predicted molar refractivity (Wildman–Crippen MR) is 116 cm³/mol. The molecule has 0 aliphatic carbocycles. The lowest BCUT2D eigenvalue weighted by molar-refractivity contribution is 0.0727. The highest BCUT2D eigenvalue weighted by Crippen LogP contribution is 2.33. The van der Waals surface area contributed by atoms with Crippen molar-refractivity contribution >= 4 is 17.7 Å². The second-order valence-electron chi connectivity index (χ2n) is 7.38.